The lowest BCUT2D eigenvalue weighted by atomic mass is 9.95. The van der Waals surface area contributed by atoms with Crippen molar-refractivity contribution in [3.05, 3.63) is 29.6 Å². The second-order valence-electron chi connectivity index (χ2n) is 7.24. The minimum absolute atomic E-state index is 0.0612. The number of piperidine rings is 1. The molecule has 0 radical (unpaired) electrons. The highest BCUT2D eigenvalue weighted by Gasteiger charge is 2.24. The fraction of sp³-hybridized carbons (Fsp3) is 0.632. The number of hydrogen-bond acceptors (Lipinski definition) is 3. The summed E-state index contributed by atoms with van der Waals surface area (Å²) in [6.07, 6.45) is 9.49. The van der Waals surface area contributed by atoms with Gasteiger partial charge in [-0.05, 0) is 43.7 Å². The standard InChI is InChI=1S/C19H27N3O2/c1-14-6-5-11-22(13-14)19(24)17-12-15(9-10-20-17)18(23)21-16-7-3-2-4-8-16/h9-10,12,14,16H,2-8,11,13H2,1H3,(H,21,23). The minimum atomic E-state index is -0.0923. The van der Waals surface area contributed by atoms with E-state index in [1.54, 1.807) is 18.3 Å². The van der Waals surface area contributed by atoms with Gasteiger partial charge in [-0.15, -0.1) is 0 Å². The summed E-state index contributed by atoms with van der Waals surface area (Å²) < 4.78 is 0. The Hall–Kier alpha value is -1.91. The maximum absolute atomic E-state index is 12.6. The van der Waals surface area contributed by atoms with Gasteiger partial charge in [0.2, 0.25) is 0 Å². The largest absolute Gasteiger partial charge is 0.349 e. The lowest BCUT2D eigenvalue weighted by molar-refractivity contribution is 0.0677. The van der Waals surface area contributed by atoms with Crippen molar-refractivity contribution in [1.82, 2.24) is 15.2 Å². The van der Waals surface area contributed by atoms with Crippen LogP contribution in [0.25, 0.3) is 0 Å². The quantitative estimate of drug-likeness (QED) is 0.927. The second kappa shape index (κ2) is 7.77. The Bertz CT molecular complexity index is 596. The molecule has 1 atom stereocenters. The lowest BCUT2D eigenvalue weighted by Crippen LogP contribution is -2.39. The molecule has 0 spiro atoms. The lowest BCUT2D eigenvalue weighted by Gasteiger charge is -2.30. The zero-order valence-electron chi connectivity index (χ0n) is 14.5. The first kappa shape index (κ1) is 16.9. The number of rotatable bonds is 3. The molecule has 1 unspecified atom stereocenters. The summed E-state index contributed by atoms with van der Waals surface area (Å²) in [7, 11) is 0. The van der Waals surface area contributed by atoms with Crippen LogP contribution in [-0.2, 0) is 0 Å². The molecule has 1 saturated carbocycles. The number of hydrogen-bond donors (Lipinski definition) is 1. The highest BCUT2D eigenvalue weighted by Crippen LogP contribution is 2.19. The van der Waals surface area contributed by atoms with E-state index in [0.717, 1.165) is 32.4 Å². The van der Waals surface area contributed by atoms with Crippen LogP contribution < -0.4 is 5.32 Å². The Labute approximate surface area is 143 Å². The molecule has 0 bridgehead atoms. The summed E-state index contributed by atoms with van der Waals surface area (Å²) in [5.74, 6) is 0.375. The molecule has 2 heterocycles. The van der Waals surface area contributed by atoms with Crippen molar-refractivity contribution in [1.29, 1.82) is 0 Å². The first-order valence-electron chi connectivity index (χ1n) is 9.19. The third-order valence-electron chi connectivity index (χ3n) is 5.13. The van der Waals surface area contributed by atoms with E-state index >= 15 is 0 Å². The second-order valence-corrected chi connectivity index (χ2v) is 7.24. The Morgan fingerprint density at radius 2 is 1.96 bits per heavy atom. The average Bonchev–Trinajstić information content (AvgIpc) is 2.62. The molecule has 2 amide bonds. The molecule has 0 aromatic carbocycles. The van der Waals surface area contributed by atoms with Crippen LogP contribution in [-0.4, -0.2) is 40.8 Å². The molecule has 1 aromatic heterocycles. The fourth-order valence-electron chi connectivity index (χ4n) is 3.74. The number of pyridine rings is 1. The molecule has 1 N–H and O–H groups in total. The van der Waals surface area contributed by atoms with Crippen molar-refractivity contribution < 1.29 is 9.59 Å². The van der Waals surface area contributed by atoms with Crippen LogP contribution in [0.2, 0.25) is 0 Å². The number of nitrogens with one attached hydrogen (secondary N) is 1. The molecular formula is C19H27N3O2. The fourth-order valence-corrected chi connectivity index (χ4v) is 3.74. The van der Waals surface area contributed by atoms with Gasteiger partial charge in [0, 0.05) is 30.9 Å². The monoisotopic (exact) mass is 329 g/mol. The predicted octanol–water partition coefficient (Wildman–Crippen LogP) is 3.02. The van der Waals surface area contributed by atoms with Crippen LogP contribution in [0.15, 0.2) is 18.3 Å². The maximum atomic E-state index is 12.6. The van der Waals surface area contributed by atoms with Gasteiger partial charge in [-0.2, -0.15) is 0 Å². The Kier molecular flexibility index (Phi) is 5.48. The number of amides is 2. The van der Waals surface area contributed by atoms with Crippen molar-refractivity contribution >= 4 is 11.8 Å². The summed E-state index contributed by atoms with van der Waals surface area (Å²) in [6, 6.07) is 3.59. The predicted molar refractivity (Wildman–Crippen MR) is 92.9 cm³/mol. The number of likely N-dealkylation sites (tertiary alicyclic amines) is 1. The Balaban J connectivity index is 1.66. The van der Waals surface area contributed by atoms with Crippen molar-refractivity contribution in [3.63, 3.8) is 0 Å². The molecule has 1 aliphatic heterocycles. The Morgan fingerprint density at radius 3 is 2.71 bits per heavy atom. The van der Waals surface area contributed by atoms with Gasteiger partial charge in [-0.25, -0.2) is 0 Å². The summed E-state index contributed by atoms with van der Waals surface area (Å²) in [4.78, 5) is 31.2. The molecule has 5 heteroatoms. The zero-order chi connectivity index (χ0) is 16.9. The first-order valence-corrected chi connectivity index (χ1v) is 9.19. The van der Waals surface area contributed by atoms with E-state index in [-0.39, 0.29) is 17.9 Å². The highest BCUT2D eigenvalue weighted by atomic mass is 16.2. The molecule has 1 aromatic rings. The van der Waals surface area contributed by atoms with Gasteiger partial charge in [0.25, 0.3) is 11.8 Å². The molecule has 1 saturated heterocycles. The van der Waals surface area contributed by atoms with Crippen LogP contribution in [0.3, 0.4) is 0 Å². The third-order valence-corrected chi connectivity index (χ3v) is 5.13. The number of nitrogens with zero attached hydrogens (tertiary/aromatic N) is 2. The highest BCUT2D eigenvalue weighted by molar-refractivity contribution is 5.98. The minimum Gasteiger partial charge on any atom is -0.349 e. The number of carbonyl (C=O) groups is 2. The van der Waals surface area contributed by atoms with Crippen LogP contribution in [0.1, 0.15) is 72.7 Å². The normalized spacial score (nSPS) is 22.2. The smallest absolute Gasteiger partial charge is 0.272 e. The van der Waals surface area contributed by atoms with Gasteiger partial charge in [0.1, 0.15) is 5.69 Å². The topological polar surface area (TPSA) is 62.3 Å². The molecule has 5 nitrogen and oxygen atoms in total. The summed E-state index contributed by atoms with van der Waals surface area (Å²) in [5.41, 5.74) is 0.907. The number of aromatic nitrogens is 1. The van der Waals surface area contributed by atoms with E-state index in [1.165, 1.54) is 25.7 Å². The molecule has 1 aliphatic carbocycles. The maximum Gasteiger partial charge on any atom is 0.272 e. The summed E-state index contributed by atoms with van der Waals surface area (Å²) in [5, 5.41) is 3.10. The SMILES string of the molecule is CC1CCCN(C(=O)c2cc(C(=O)NC3CCCCC3)ccn2)C1. The van der Waals surface area contributed by atoms with Crippen molar-refractivity contribution in [2.75, 3.05) is 13.1 Å². The van der Waals surface area contributed by atoms with Gasteiger partial charge in [0.15, 0.2) is 0 Å². The van der Waals surface area contributed by atoms with Crippen LogP contribution in [0.5, 0.6) is 0 Å². The van der Waals surface area contributed by atoms with Crippen molar-refractivity contribution in [3.8, 4) is 0 Å². The molecule has 130 valence electrons. The van der Waals surface area contributed by atoms with Crippen LogP contribution in [0.4, 0.5) is 0 Å². The Morgan fingerprint density at radius 1 is 1.17 bits per heavy atom. The molecular weight excluding hydrogens is 302 g/mol. The number of carbonyl (C=O) groups excluding carboxylic acids is 2. The van der Waals surface area contributed by atoms with Gasteiger partial charge < -0.3 is 10.2 Å². The van der Waals surface area contributed by atoms with Gasteiger partial charge in [0.05, 0.1) is 0 Å². The van der Waals surface area contributed by atoms with Crippen LogP contribution in [0, 0.1) is 5.92 Å². The van der Waals surface area contributed by atoms with E-state index in [1.807, 2.05) is 4.90 Å². The summed E-state index contributed by atoms with van der Waals surface area (Å²) >= 11 is 0. The molecule has 24 heavy (non-hydrogen) atoms. The van der Waals surface area contributed by atoms with Gasteiger partial charge >= 0.3 is 0 Å². The molecule has 3 rings (SSSR count). The molecule has 2 fully saturated rings. The first-order chi connectivity index (χ1) is 11.6. The van der Waals surface area contributed by atoms with Crippen molar-refractivity contribution in [2.45, 2.75) is 57.9 Å². The van der Waals surface area contributed by atoms with Crippen LogP contribution >= 0.6 is 0 Å². The average molecular weight is 329 g/mol. The van der Waals surface area contributed by atoms with E-state index in [9.17, 15) is 9.59 Å². The summed E-state index contributed by atoms with van der Waals surface area (Å²) in [6.45, 7) is 3.73. The zero-order valence-corrected chi connectivity index (χ0v) is 14.5. The van der Waals surface area contributed by atoms with Crippen molar-refractivity contribution in [2.24, 2.45) is 5.92 Å². The van der Waals surface area contributed by atoms with E-state index in [2.05, 4.69) is 17.2 Å². The van der Waals surface area contributed by atoms with Gasteiger partial charge in [-0.1, -0.05) is 26.2 Å². The van der Waals surface area contributed by atoms with E-state index in [4.69, 9.17) is 0 Å². The molecule has 2 aliphatic rings. The van der Waals surface area contributed by atoms with Gasteiger partial charge in [-0.3, -0.25) is 14.6 Å². The van der Waals surface area contributed by atoms with E-state index < -0.39 is 0 Å². The van der Waals surface area contributed by atoms with E-state index in [0.29, 0.717) is 17.2 Å². The third kappa shape index (κ3) is 4.13.